The Morgan fingerprint density at radius 2 is 1.82 bits per heavy atom. The maximum Gasteiger partial charge on any atom is 0.222 e. The highest BCUT2D eigenvalue weighted by Crippen LogP contribution is 2.21. The van der Waals surface area contributed by atoms with Crippen LogP contribution in [0.3, 0.4) is 0 Å². The molecular formula is C13H25N3O. The number of amides is 1. The molecule has 0 unspecified atom stereocenters. The minimum atomic E-state index is 0.376. The number of carbonyl (C=O) groups excluding carboxylic acids is 1. The minimum absolute atomic E-state index is 0.376. The van der Waals surface area contributed by atoms with Crippen LogP contribution in [-0.4, -0.2) is 61.5 Å². The lowest BCUT2D eigenvalue weighted by atomic mass is 9.93. The SMILES string of the molecule is CCN1CCC(CC(=O)N2CCNCC2)CC1. The quantitative estimate of drug-likeness (QED) is 0.781. The molecule has 2 aliphatic heterocycles. The first kappa shape index (κ1) is 12.8. The number of piperidine rings is 1. The lowest BCUT2D eigenvalue weighted by Crippen LogP contribution is -2.47. The fraction of sp³-hybridized carbons (Fsp3) is 0.923. The van der Waals surface area contributed by atoms with E-state index in [4.69, 9.17) is 0 Å². The van der Waals surface area contributed by atoms with Crippen LogP contribution in [0, 0.1) is 5.92 Å². The summed E-state index contributed by atoms with van der Waals surface area (Å²) >= 11 is 0. The van der Waals surface area contributed by atoms with Gasteiger partial charge < -0.3 is 15.1 Å². The summed E-state index contributed by atoms with van der Waals surface area (Å²) < 4.78 is 0. The molecule has 2 heterocycles. The fourth-order valence-electron chi connectivity index (χ4n) is 2.80. The second-order valence-electron chi connectivity index (χ2n) is 5.21. The van der Waals surface area contributed by atoms with Crippen LogP contribution in [0.4, 0.5) is 0 Å². The van der Waals surface area contributed by atoms with Gasteiger partial charge in [0.25, 0.3) is 0 Å². The van der Waals surface area contributed by atoms with E-state index in [1.165, 1.54) is 25.9 Å². The highest BCUT2D eigenvalue weighted by Gasteiger charge is 2.23. The van der Waals surface area contributed by atoms with Crippen molar-refractivity contribution in [2.45, 2.75) is 26.2 Å². The van der Waals surface area contributed by atoms with Gasteiger partial charge in [0.1, 0.15) is 0 Å². The number of rotatable bonds is 3. The van der Waals surface area contributed by atoms with Crippen molar-refractivity contribution in [2.24, 2.45) is 5.92 Å². The maximum absolute atomic E-state index is 12.1. The van der Waals surface area contributed by atoms with E-state index in [0.717, 1.165) is 39.1 Å². The molecule has 0 aromatic heterocycles. The van der Waals surface area contributed by atoms with Gasteiger partial charge in [0.15, 0.2) is 0 Å². The monoisotopic (exact) mass is 239 g/mol. The molecule has 0 aromatic rings. The molecule has 2 rings (SSSR count). The van der Waals surface area contributed by atoms with Crippen molar-refractivity contribution in [3.8, 4) is 0 Å². The van der Waals surface area contributed by atoms with Crippen molar-refractivity contribution in [3.63, 3.8) is 0 Å². The molecule has 0 radical (unpaired) electrons. The number of nitrogens with one attached hydrogen (secondary N) is 1. The van der Waals surface area contributed by atoms with Crippen LogP contribution >= 0.6 is 0 Å². The van der Waals surface area contributed by atoms with Crippen molar-refractivity contribution >= 4 is 5.91 Å². The van der Waals surface area contributed by atoms with E-state index in [1.54, 1.807) is 0 Å². The van der Waals surface area contributed by atoms with Gasteiger partial charge in [-0.25, -0.2) is 0 Å². The molecule has 1 N–H and O–H groups in total. The molecule has 1 amide bonds. The Bertz CT molecular complexity index is 243. The lowest BCUT2D eigenvalue weighted by Gasteiger charge is -2.33. The molecule has 98 valence electrons. The Balaban J connectivity index is 1.71. The molecule has 0 aliphatic carbocycles. The van der Waals surface area contributed by atoms with E-state index in [9.17, 15) is 4.79 Å². The van der Waals surface area contributed by atoms with Gasteiger partial charge in [-0.05, 0) is 38.4 Å². The summed E-state index contributed by atoms with van der Waals surface area (Å²) in [6, 6.07) is 0. The number of carbonyl (C=O) groups is 1. The Labute approximate surface area is 104 Å². The third-order valence-corrected chi connectivity index (χ3v) is 4.09. The molecule has 2 fully saturated rings. The number of likely N-dealkylation sites (tertiary alicyclic amines) is 1. The normalized spacial score (nSPS) is 23.9. The third-order valence-electron chi connectivity index (χ3n) is 4.09. The average molecular weight is 239 g/mol. The van der Waals surface area contributed by atoms with Crippen molar-refractivity contribution in [1.29, 1.82) is 0 Å². The highest BCUT2D eigenvalue weighted by atomic mass is 16.2. The van der Waals surface area contributed by atoms with Crippen molar-refractivity contribution < 1.29 is 4.79 Å². The molecule has 17 heavy (non-hydrogen) atoms. The van der Waals surface area contributed by atoms with Crippen molar-refractivity contribution in [2.75, 3.05) is 45.8 Å². The topological polar surface area (TPSA) is 35.6 Å². The Hall–Kier alpha value is -0.610. The van der Waals surface area contributed by atoms with Crippen molar-refractivity contribution in [1.82, 2.24) is 15.1 Å². The molecular weight excluding hydrogens is 214 g/mol. The van der Waals surface area contributed by atoms with E-state index in [2.05, 4.69) is 17.1 Å². The molecule has 0 aromatic carbocycles. The van der Waals surface area contributed by atoms with Gasteiger partial charge in [-0.2, -0.15) is 0 Å². The summed E-state index contributed by atoms with van der Waals surface area (Å²) in [4.78, 5) is 16.6. The molecule has 4 nitrogen and oxygen atoms in total. The average Bonchev–Trinajstić information content (AvgIpc) is 2.40. The van der Waals surface area contributed by atoms with Crippen LogP contribution in [-0.2, 0) is 4.79 Å². The standard InChI is InChI=1S/C13H25N3O/c1-2-15-7-3-12(4-8-15)11-13(17)16-9-5-14-6-10-16/h12,14H,2-11H2,1H3. The lowest BCUT2D eigenvalue weighted by molar-refractivity contribution is -0.133. The second-order valence-corrected chi connectivity index (χ2v) is 5.21. The molecule has 2 aliphatic rings. The first-order valence-electron chi connectivity index (χ1n) is 7.00. The van der Waals surface area contributed by atoms with E-state index >= 15 is 0 Å². The van der Waals surface area contributed by atoms with Crippen LogP contribution in [0.2, 0.25) is 0 Å². The molecule has 0 spiro atoms. The summed E-state index contributed by atoms with van der Waals surface area (Å²) in [5.74, 6) is 1.00. The largest absolute Gasteiger partial charge is 0.340 e. The zero-order valence-electron chi connectivity index (χ0n) is 11.0. The van der Waals surface area contributed by atoms with Gasteiger partial charge >= 0.3 is 0 Å². The van der Waals surface area contributed by atoms with Crippen LogP contribution < -0.4 is 5.32 Å². The van der Waals surface area contributed by atoms with Crippen LogP contribution in [0.15, 0.2) is 0 Å². The van der Waals surface area contributed by atoms with E-state index in [-0.39, 0.29) is 0 Å². The van der Waals surface area contributed by atoms with E-state index in [1.807, 2.05) is 4.90 Å². The maximum atomic E-state index is 12.1. The van der Waals surface area contributed by atoms with E-state index < -0.39 is 0 Å². The predicted molar refractivity (Wildman–Crippen MR) is 68.9 cm³/mol. The van der Waals surface area contributed by atoms with Crippen molar-refractivity contribution in [3.05, 3.63) is 0 Å². The summed E-state index contributed by atoms with van der Waals surface area (Å²) in [5.41, 5.74) is 0. The van der Waals surface area contributed by atoms with Gasteiger partial charge in [-0.15, -0.1) is 0 Å². The Kier molecular flexibility index (Phi) is 4.80. The second kappa shape index (κ2) is 6.36. The van der Waals surface area contributed by atoms with Crippen LogP contribution in [0.1, 0.15) is 26.2 Å². The van der Waals surface area contributed by atoms with Crippen LogP contribution in [0.25, 0.3) is 0 Å². The summed E-state index contributed by atoms with van der Waals surface area (Å²) in [5, 5.41) is 3.29. The first-order valence-corrected chi connectivity index (χ1v) is 7.00. The smallest absolute Gasteiger partial charge is 0.222 e. The number of piperazine rings is 1. The minimum Gasteiger partial charge on any atom is -0.340 e. The highest BCUT2D eigenvalue weighted by molar-refractivity contribution is 5.76. The number of hydrogen-bond acceptors (Lipinski definition) is 3. The molecule has 4 heteroatoms. The number of hydrogen-bond donors (Lipinski definition) is 1. The fourth-order valence-corrected chi connectivity index (χ4v) is 2.80. The van der Waals surface area contributed by atoms with Gasteiger partial charge in [-0.3, -0.25) is 4.79 Å². The third kappa shape index (κ3) is 3.68. The Morgan fingerprint density at radius 1 is 1.18 bits per heavy atom. The number of nitrogens with zero attached hydrogens (tertiary/aromatic N) is 2. The van der Waals surface area contributed by atoms with Crippen LogP contribution in [0.5, 0.6) is 0 Å². The molecule has 0 saturated carbocycles. The van der Waals surface area contributed by atoms with Gasteiger partial charge in [0.2, 0.25) is 5.91 Å². The molecule has 0 atom stereocenters. The summed E-state index contributed by atoms with van der Waals surface area (Å²) in [6.07, 6.45) is 3.18. The molecule has 0 bridgehead atoms. The first-order chi connectivity index (χ1) is 8.29. The zero-order valence-corrected chi connectivity index (χ0v) is 11.0. The molecule has 2 saturated heterocycles. The Morgan fingerprint density at radius 3 is 2.41 bits per heavy atom. The van der Waals surface area contributed by atoms with E-state index in [0.29, 0.717) is 11.8 Å². The van der Waals surface area contributed by atoms with Gasteiger partial charge in [0, 0.05) is 32.6 Å². The predicted octanol–water partition coefficient (Wildman–Crippen LogP) is 0.540. The zero-order chi connectivity index (χ0) is 12.1. The van der Waals surface area contributed by atoms with Gasteiger partial charge in [-0.1, -0.05) is 6.92 Å². The van der Waals surface area contributed by atoms with Gasteiger partial charge in [0.05, 0.1) is 0 Å². The summed E-state index contributed by atoms with van der Waals surface area (Å²) in [6.45, 7) is 9.43. The summed E-state index contributed by atoms with van der Waals surface area (Å²) in [7, 11) is 0.